The highest BCUT2D eigenvalue weighted by molar-refractivity contribution is 6.31. The van der Waals surface area contributed by atoms with Crippen molar-refractivity contribution in [3.05, 3.63) is 52.6 Å². The summed E-state index contributed by atoms with van der Waals surface area (Å²) in [6.07, 6.45) is 5.67. The Morgan fingerprint density at radius 2 is 2.25 bits per heavy atom. The maximum absolute atomic E-state index is 13.1. The van der Waals surface area contributed by atoms with Crippen LogP contribution in [0.3, 0.4) is 0 Å². The summed E-state index contributed by atoms with van der Waals surface area (Å²) in [5.41, 5.74) is 2.04. The Hall–Kier alpha value is -1.39. The van der Waals surface area contributed by atoms with Crippen LogP contribution in [-0.4, -0.2) is 16.8 Å². The Balaban J connectivity index is 2.15. The van der Waals surface area contributed by atoms with Crippen molar-refractivity contribution < 1.29 is 4.39 Å². The summed E-state index contributed by atoms with van der Waals surface area (Å²) in [7, 11) is 1.90. The molecule has 0 radical (unpaired) electrons. The topological polar surface area (TPSA) is 29.9 Å². The van der Waals surface area contributed by atoms with Gasteiger partial charge in [-0.1, -0.05) is 24.6 Å². The molecule has 0 amide bonds. The molecule has 0 aliphatic rings. The summed E-state index contributed by atoms with van der Waals surface area (Å²) >= 11 is 6.08. The highest BCUT2D eigenvalue weighted by Crippen LogP contribution is 2.24. The molecule has 0 fully saturated rings. The molecule has 2 rings (SSSR count). The number of aromatic nitrogens is 2. The van der Waals surface area contributed by atoms with E-state index >= 15 is 0 Å². The van der Waals surface area contributed by atoms with Gasteiger partial charge in [0, 0.05) is 29.4 Å². The lowest BCUT2D eigenvalue weighted by molar-refractivity contribution is 0.580. The minimum absolute atomic E-state index is 0.114. The van der Waals surface area contributed by atoms with E-state index in [1.54, 1.807) is 6.07 Å². The number of halogens is 2. The van der Waals surface area contributed by atoms with Gasteiger partial charge in [-0.2, -0.15) is 5.10 Å². The second-order valence-corrected chi connectivity index (χ2v) is 5.23. The largest absolute Gasteiger partial charge is 0.313 e. The Bertz CT molecular complexity index is 568. The standard InChI is InChI=1S/C15H19ClFN3/c1-3-6-20-10-12(9-19-20)15(18-2)7-11-4-5-13(17)8-14(11)16/h4-5,8-10,15,18H,3,6-7H2,1-2H3. The molecular weight excluding hydrogens is 277 g/mol. The molecule has 20 heavy (non-hydrogen) atoms. The lowest BCUT2D eigenvalue weighted by atomic mass is 10.0. The molecule has 0 spiro atoms. The molecule has 1 N–H and O–H groups in total. The molecule has 1 heterocycles. The zero-order chi connectivity index (χ0) is 14.5. The predicted molar refractivity (Wildman–Crippen MR) is 79.4 cm³/mol. The molecule has 5 heteroatoms. The summed E-state index contributed by atoms with van der Waals surface area (Å²) in [6, 6.07) is 4.64. The van der Waals surface area contributed by atoms with E-state index < -0.39 is 0 Å². The minimum atomic E-state index is -0.310. The van der Waals surface area contributed by atoms with Crippen molar-refractivity contribution in [2.75, 3.05) is 7.05 Å². The zero-order valence-corrected chi connectivity index (χ0v) is 12.5. The number of hydrogen-bond acceptors (Lipinski definition) is 2. The van der Waals surface area contributed by atoms with Gasteiger partial charge in [0.25, 0.3) is 0 Å². The highest BCUT2D eigenvalue weighted by atomic mass is 35.5. The normalized spacial score (nSPS) is 12.6. The van der Waals surface area contributed by atoms with Crippen LogP contribution in [0.5, 0.6) is 0 Å². The number of likely N-dealkylation sites (N-methyl/N-ethyl adjacent to an activating group) is 1. The molecule has 1 aromatic carbocycles. The Morgan fingerprint density at radius 3 is 2.90 bits per heavy atom. The quantitative estimate of drug-likeness (QED) is 0.882. The van der Waals surface area contributed by atoms with Gasteiger partial charge in [0.15, 0.2) is 0 Å². The van der Waals surface area contributed by atoms with Gasteiger partial charge in [-0.05, 0) is 37.6 Å². The van der Waals surface area contributed by atoms with Gasteiger partial charge in [0.1, 0.15) is 5.82 Å². The second kappa shape index (κ2) is 6.86. The fourth-order valence-corrected chi connectivity index (χ4v) is 2.45. The van der Waals surface area contributed by atoms with Crippen LogP contribution in [0, 0.1) is 5.82 Å². The average Bonchev–Trinajstić information content (AvgIpc) is 2.87. The van der Waals surface area contributed by atoms with E-state index in [1.807, 2.05) is 24.1 Å². The summed E-state index contributed by atoms with van der Waals surface area (Å²) in [5, 5.41) is 8.06. The van der Waals surface area contributed by atoms with E-state index in [0.29, 0.717) is 11.4 Å². The SMILES string of the molecule is CCCn1cc(C(Cc2ccc(F)cc2Cl)NC)cn1. The van der Waals surface area contributed by atoms with Gasteiger partial charge < -0.3 is 5.32 Å². The van der Waals surface area contributed by atoms with Gasteiger partial charge in [0.2, 0.25) is 0 Å². The maximum Gasteiger partial charge on any atom is 0.124 e. The van der Waals surface area contributed by atoms with E-state index in [-0.39, 0.29) is 11.9 Å². The molecule has 1 unspecified atom stereocenters. The summed E-state index contributed by atoms with van der Waals surface area (Å²) in [6.45, 7) is 3.03. The van der Waals surface area contributed by atoms with Crippen LogP contribution in [-0.2, 0) is 13.0 Å². The van der Waals surface area contributed by atoms with Crippen LogP contribution in [0.1, 0.15) is 30.5 Å². The molecular formula is C15H19ClFN3. The first kappa shape index (κ1) is 15.0. The van der Waals surface area contributed by atoms with Crippen LogP contribution in [0.15, 0.2) is 30.6 Å². The van der Waals surface area contributed by atoms with Gasteiger partial charge in [-0.25, -0.2) is 4.39 Å². The summed E-state index contributed by atoms with van der Waals surface area (Å²) < 4.78 is 15.0. The average molecular weight is 296 g/mol. The van der Waals surface area contributed by atoms with E-state index in [9.17, 15) is 4.39 Å². The van der Waals surface area contributed by atoms with E-state index in [1.165, 1.54) is 12.1 Å². The predicted octanol–water partition coefficient (Wildman–Crippen LogP) is 3.59. The van der Waals surface area contributed by atoms with Gasteiger partial charge >= 0.3 is 0 Å². The maximum atomic E-state index is 13.1. The number of nitrogens with one attached hydrogen (secondary N) is 1. The Morgan fingerprint density at radius 1 is 1.45 bits per heavy atom. The molecule has 2 aromatic rings. The van der Waals surface area contributed by atoms with Crippen LogP contribution < -0.4 is 5.32 Å². The van der Waals surface area contributed by atoms with Crippen LogP contribution in [0.2, 0.25) is 5.02 Å². The third-order valence-corrected chi connectivity index (χ3v) is 3.65. The highest BCUT2D eigenvalue weighted by Gasteiger charge is 2.14. The fourth-order valence-electron chi connectivity index (χ4n) is 2.20. The molecule has 0 saturated heterocycles. The number of benzene rings is 1. The molecule has 0 aliphatic carbocycles. The zero-order valence-electron chi connectivity index (χ0n) is 11.7. The first-order chi connectivity index (χ1) is 9.63. The lowest BCUT2D eigenvalue weighted by Gasteiger charge is -2.15. The van der Waals surface area contributed by atoms with Crippen molar-refractivity contribution in [1.82, 2.24) is 15.1 Å². The third-order valence-electron chi connectivity index (χ3n) is 3.30. The number of hydrogen-bond donors (Lipinski definition) is 1. The minimum Gasteiger partial charge on any atom is -0.313 e. The number of aryl methyl sites for hydroxylation is 1. The van der Waals surface area contributed by atoms with Crippen molar-refractivity contribution in [3.63, 3.8) is 0 Å². The van der Waals surface area contributed by atoms with E-state index in [4.69, 9.17) is 11.6 Å². The molecule has 3 nitrogen and oxygen atoms in total. The smallest absolute Gasteiger partial charge is 0.124 e. The molecule has 1 aromatic heterocycles. The van der Waals surface area contributed by atoms with Crippen molar-refractivity contribution >= 4 is 11.6 Å². The summed E-state index contributed by atoms with van der Waals surface area (Å²) in [4.78, 5) is 0. The van der Waals surface area contributed by atoms with Crippen LogP contribution >= 0.6 is 11.6 Å². The monoisotopic (exact) mass is 295 g/mol. The van der Waals surface area contributed by atoms with Crippen molar-refractivity contribution in [1.29, 1.82) is 0 Å². The second-order valence-electron chi connectivity index (χ2n) is 4.82. The first-order valence-electron chi connectivity index (χ1n) is 6.77. The summed E-state index contributed by atoms with van der Waals surface area (Å²) in [5.74, 6) is -0.310. The number of nitrogens with zero attached hydrogens (tertiary/aromatic N) is 2. The Labute approximate surface area is 123 Å². The molecule has 1 atom stereocenters. The van der Waals surface area contributed by atoms with E-state index in [2.05, 4.69) is 17.3 Å². The molecule has 0 saturated carbocycles. The molecule has 108 valence electrons. The first-order valence-corrected chi connectivity index (χ1v) is 7.15. The van der Waals surface area contributed by atoms with Gasteiger partial charge in [0.05, 0.1) is 6.20 Å². The van der Waals surface area contributed by atoms with E-state index in [0.717, 1.165) is 24.1 Å². The van der Waals surface area contributed by atoms with Crippen molar-refractivity contribution in [2.24, 2.45) is 0 Å². The molecule has 0 aliphatic heterocycles. The van der Waals surface area contributed by atoms with Gasteiger partial charge in [-0.15, -0.1) is 0 Å². The van der Waals surface area contributed by atoms with Crippen LogP contribution in [0.4, 0.5) is 4.39 Å². The Kier molecular flexibility index (Phi) is 5.15. The third kappa shape index (κ3) is 3.58. The lowest BCUT2D eigenvalue weighted by Crippen LogP contribution is -2.18. The molecule has 0 bridgehead atoms. The van der Waals surface area contributed by atoms with Crippen molar-refractivity contribution in [2.45, 2.75) is 32.4 Å². The fraction of sp³-hybridized carbons (Fsp3) is 0.400. The van der Waals surface area contributed by atoms with Crippen LogP contribution in [0.25, 0.3) is 0 Å². The number of rotatable bonds is 6. The van der Waals surface area contributed by atoms with Crippen molar-refractivity contribution in [3.8, 4) is 0 Å². The van der Waals surface area contributed by atoms with Gasteiger partial charge in [-0.3, -0.25) is 4.68 Å².